The van der Waals surface area contributed by atoms with Crippen molar-refractivity contribution in [3.8, 4) is 5.75 Å². The maximum atomic E-state index is 11.6. The number of rotatable bonds is 6. The SMILES string of the molecule is Cc1ccc(C(C)c2cc(C(C)c3ccc(C)cc3)c(O)c(C(C)c3ccc(C)cc3)c2)cc1. The Kier molecular flexibility index (Phi) is 6.93. The van der Waals surface area contributed by atoms with E-state index in [0.717, 1.165) is 11.1 Å². The highest BCUT2D eigenvalue weighted by Gasteiger charge is 2.23. The van der Waals surface area contributed by atoms with Crippen LogP contribution >= 0.6 is 0 Å². The zero-order valence-corrected chi connectivity index (χ0v) is 21.3. The lowest BCUT2D eigenvalue weighted by atomic mass is 9.81. The van der Waals surface area contributed by atoms with Crippen LogP contribution in [0.5, 0.6) is 5.75 Å². The predicted molar refractivity (Wildman–Crippen MR) is 144 cm³/mol. The predicted octanol–water partition coefficient (Wildman–Crippen LogP) is 8.77. The Morgan fingerprint density at radius 1 is 0.441 bits per heavy atom. The highest BCUT2D eigenvalue weighted by molar-refractivity contribution is 5.54. The quantitative estimate of drug-likeness (QED) is 0.312. The van der Waals surface area contributed by atoms with Crippen LogP contribution in [0.3, 0.4) is 0 Å². The minimum absolute atomic E-state index is 0.0923. The first-order valence-electron chi connectivity index (χ1n) is 12.3. The van der Waals surface area contributed by atoms with Crippen molar-refractivity contribution >= 4 is 0 Å². The third-order valence-corrected chi connectivity index (χ3v) is 7.36. The van der Waals surface area contributed by atoms with Crippen molar-refractivity contribution in [1.29, 1.82) is 0 Å². The second kappa shape index (κ2) is 9.89. The third-order valence-electron chi connectivity index (χ3n) is 7.36. The van der Waals surface area contributed by atoms with E-state index in [9.17, 15) is 5.11 Å². The summed E-state index contributed by atoms with van der Waals surface area (Å²) in [5, 5.41) is 11.6. The molecule has 174 valence electrons. The lowest BCUT2D eigenvalue weighted by molar-refractivity contribution is 0.456. The van der Waals surface area contributed by atoms with Crippen molar-refractivity contribution in [2.45, 2.75) is 59.3 Å². The standard InChI is InChI=1S/C33H36O/c1-21-7-13-27(14-8-21)24(4)30-19-31(25(5)28-15-9-22(2)10-16-28)33(34)32(20-30)26(6)29-17-11-23(3)12-18-29/h7-20,24-26,34H,1-6H3. The Hall–Kier alpha value is -3.32. The number of hydrogen-bond donors (Lipinski definition) is 1. The Bertz CT molecular complexity index is 1180. The fraction of sp³-hybridized carbons (Fsp3) is 0.273. The van der Waals surface area contributed by atoms with Gasteiger partial charge in [-0.3, -0.25) is 0 Å². The summed E-state index contributed by atoms with van der Waals surface area (Å²) in [6, 6.07) is 30.6. The van der Waals surface area contributed by atoms with Crippen LogP contribution in [-0.2, 0) is 0 Å². The summed E-state index contributed by atoms with van der Waals surface area (Å²) < 4.78 is 0. The van der Waals surface area contributed by atoms with E-state index >= 15 is 0 Å². The average Bonchev–Trinajstić information content (AvgIpc) is 2.84. The van der Waals surface area contributed by atoms with Gasteiger partial charge in [-0.25, -0.2) is 0 Å². The number of phenolic OH excluding ortho intramolecular Hbond substituents is 1. The van der Waals surface area contributed by atoms with Crippen LogP contribution in [-0.4, -0.2) is 5.11 Å². The number of phenols is 1. The minimum atomic E-state index is 0.0923. The molecule has 3 unspecified atom stereocenters. The summed E-state index contributed by atoms with van der Waals surface area (Å²) in [5.74, 6) is 0.833. The minimum Gasteiger partial charge on any atom is -0.507 e. The van der Waals surface area contributed by atoms with Crippen molar-refractivity contribution in [2.75, 3.05) is 0 Å². The Balaban J connectivity index is 1.84. The molecule has 0 fully saturated rings. The molecule has 4 aromatic carbocycles. The largest absolute Gasteiger partial charge is 0.507 e. The summed E-state index contributed by atoms with van der Waals surface area (Å²) in [7, 11) is 0. The molecule has 1 nitrogen and oxygen atoms in total. The topological polar surface area (TPSA) is 20.2 Å². The molecule has 0 aliphatic rings. The van der Waals surface area contributed by atoms with E-state index in [4.69, 9.17) is 0 Å². The highest BCUT2D eigenvalue weighted by atomic mass is 16.3. The van der Waals surface area contributed by atoms with Crippen molar-refractivity contribution in [2.24, 2.45) is 0 Å². The van der Waals surface area contributed by atoms with Gasteiger partial charge in [-0.05, 0) is 43.0 Å². The molecule has 0 bridgehead atoms. The molecule has 4 aromatic rings. The summed E-state index contributed by atoms with van der Waals surface area (Å²) in [6.07, 6.45) is 0. The molecular formula is C33H36O. The van der Waals surface area contributed by atoms with Gasteiger partial charge in [0.1, 0.15) is 5.75 Å². The van der Waals surface area contributed by atoms with Crippen molar-refractivity contribution in [1.82, 2.24) is 0 Å². The summed E-state index contributed by atoms with van der Waals surface area (Å²) in [5.41, 5.74) is 10.7. The first-order valence-corrected chi connectivity index (χ1v) is 12.3. The van der Waals surface area contributed by atoms with E-state index in [2.05, 4.69) is 126 Å². The van der Waals surface area contributed by atoms with Crippen LogP contribution in [0.25, 0.3) is 0 Å². The molecular weight excluding hydrogens is 412 g/mol. The van der Waals surface area contributed by atoms with Gasteiger partial charge in [-0.2, -0.15) is 0 Å². The molecule has 4 rings (SSSR count). The smallest absolute Gasteiger partial charge is 0.123 e. The second-order valence-electron chi connectivity index (χ2n) is 9.95. The molecule has 0 aliphatic heterocycles. The highest BCUT2D eigenvalue weighted by Crippen LogP contribution is 2.42. The Labute approximate surface area is 205 Å². The maximum Gasteiger partial charge on any atom is 0.123 e. The van der Waals surface area contributed by atoms with Crippen molar-refractivity contribution in [3.05, 3.63) is 135 Å². The normalized spacial score (nSPS) is 13.9. The molecule has 0 saturated carbocycles. The van der Waals surface area contributed by atoms with Crippen molar-refractivity contribution < 1.29 is 5.11 Å². The van der Waals surface area contributed by atoms with Crippen LogP contribution in [0, 0.1) is 20.8 Å². The lowest BCUT2D eigenvalue weighted by Gasteiger charge is -2.24. The van der Waals surface area contributed by atoms with E-state index in [1.54, 1.807) is 0 Å². The van der Waals surface area contributed by atoms with Gasteiger partial charge in [0.15, 0.2) is 0 Å². The van der Waals surface area contributed by atoms with E-state index in [-0.39, 0.29) is 17.8 Å². The second-order valence-corrected chi connectivity index (χ2v) is 9.95. The van der Waals surface area contributed by atoms with Crippen LogP contribution in [0.15, 0.2) is 84.9 Å². The zero-order chi connectivity index (χ0) is 24.4. The van der Waals surface area contributed by atoms with Gasteiger partial charge in [0, 0.05) is 28.9 Å². The Morgan fingerprint density at radius 3 is 1.06 bits per heavy atom. The molecule has 0 heterocycles. The fourth-order valence-corrected chi connectivity index (χ4v) is 4.73. The van der Waals surface area contributed by atoms with E-state index in [1.807, 2.05) is 0 Å². The van der Waals surface area contributed by atoms with Gasteiger partial charge >= 0.3 is 0 Å². The molecule has 0 aliphatic carbocycles. The molecule has 0 spiro atoms. The van der Waals surface area contributed by atoms with Gasteiger partial charge in [0.05, 0.1) is 0 Å². The van der Waals surface area contributed by atoms with E-state index in [1.165, 1.54) is 38.9 Å². The van der Waals surface area contributed by atoms with Gasteiger partial charge in [-0.1, -0.05) is 122 Å². The molecule has 0 radical (unpaired) electrons. The molecule has 0 aromatic heterocycles. The molecule has 3 atom stereocenters. The molecule has 34 heavy (non-hydrogen) atoms. The zero-order valence-electron chi connectivity index (χ0n) is 21.3. The first-order chi connectivity index (χ1) is 16.2. The number of hydrogen-bond acceptors (Lipinski definition) is 1. The van der Waals surface area contributed by atoms with Gasteiger partial charge in [-0.15, -0.1) is 0 Å². The molecule has 1 heteroatoms. The van der Waals surface area contributed by atoms with Crippen LogP contribution in [0.2, 0.25) is 0 Å². The maximum absolute atomic E-state index is 11.6. The van der Waals surface area contributed by atoms with Crippen LogP contribution < -0.4 is 0 Å². The number of aromatic hydroxyl groups is 1. The van der Waals surface area contributed by atoms with Gasteiger partial charge in [0.25, 0.3) is 0 Å². The van der Waals surface area contributed by atoms with Gasteiger partial charge in [0.2, 0.25) is 0 Å². The van der Waals surface area contributed by atoms with E-state index < -0.39 is 0 Å². The number of benzene rings is 4. The van der Waals surface area contributed by atoms with Crippen LogP contribution in [0.1, 0.15) is 88.6 Å². The average molecular weight is 449 g/mol. The summed E-state index contributed by atoms with van der Waals surface area (Å²) >= 11 is 0. The van der Waals surface area contributed by atoms with E-state index in [0.29, 0.717) is 5.75 Å². The Morgan fingerprint density at radius 2 is 0.735 bits per heavy atom. The third kappa shape index (κ3) is 4.94. The van der Waals surface area contributed by atoms with Crippen LogP contribution in [0.4, 0.5) is 0 Å². The molecule has 0 saturated heterocycles. The molecule has 0 amide bonds. The molecule has 1 N–H and O–H groups in total. The fourth-order valence-electron chi connectivity index (χ4n) is 4.73. The number of aryl methyl sites for hydroxylation is 3. The van der Waals surface area contributed by atoms with Gasteiger partial charge < -0.3 is 5.11 Å². The lowest BCUT2D eigenvalue weighted by Crippen LogP contribution is -2.06. The summed E-state index contributed by atoms with van der Waals surface area (Å²) in [6.45, 7) is 13.0. The monoisotopic (exact) mass is 448 g/mol. The summed E-state index contributed by atoms with van der Waals surface area (Å²) in [4.78, 5) is 0. The first kappa shape index (κ1) is 23.8. The van der Waals surface area contributed by atoms with Crippen molar-refractivity contribution in [3.63, 3.8) is 0 Å².